The normalized spacial score (nSPS) is 28.9. The molecule has 0 atom stereocenters. The summed E-state index contributed by atoms with van der Waals surface area (Å²) in [6, 6.07) is 2.84. The van der Waals surface area contributed by atoms with Crippen LogP contribution in [0.1, 0.15) is 82.6 Å². The molecule has 0 saturated heterocycles. The van der Waals surface area contributed by atoms with E-state index < -0.39 is 18.3 Å². The molecule has 2 aliphatic rings. The molecule has 0 spiro atoms. The lowest BCUT2D eigenvalue weighted by Gasteiger charge is -2.38. The lowest BCUT2D eigenvalue weighted by atomic mass is 9.68. The second-order valence-corrected chi connectivity index (χ2v) is 8.51. The van der Waals surface area contributed by atoms with Crippen molar-refractivity contribution < 1.29 is 17.9 Å². The molecule has 2 saturated carbocycles. The highest BCUT2D eigenvalue weighted by molar-refractivity contribution is 5.33. The first kappa shape index (κ1) is 20.5. The van der Waals surface area contributed by atoms with E-state index >= 15 is 0 Å². The first-order chi connectivity index (χ1) is 13.1. The van der Waals surface area contributed by atoms with Crippen molar-refractivity contribution in [2.24, 2.45) is 17.8 Å². The molecule has 3 rings (SSSR count). The van der Waals surface area contributed by atoms with Crippen LogP contribution in [0.5, 0.6) is 5.75 Å². The van der Waals surface area contributed by atoms with Crippen LogP contribution in [0.4, 0.5) is 13.2 Å². The Labute approximate surface area is 161 Å². The predicted octanol–water partition coefficient (Wildman–Crippen LogP) is 7.19. The van der Waals surface area contributed by atoms with Gasteiger partial charge < -0.3 is 4.74 Å². The maximum atomic E-state index is 14.3. The summed E-state index contributed by atoms with van der Waals surface area (Å²) in [5, 5.41) is 0. The van der Waals surface area contributed by atoms with Gasteiger partial charge >= 0.3 is 0 Å². The number of rotatable bonds is 7. The minimum atomic E-state index is -0.663. The molecular formula is C23H33F3O. The van der Waals surface area contributed by atoms with Gasteiger partial charge in [-0.2, -0.15) is 0 Å². The van der Waals surface area contributed by atoms with Gasteiger partial charge in [0.25, 0.3) is 0 Å². The lowest BCUT2D eigenvalue weighted by molar-refractivity contribution is 0.158. The number of halogens is 3. The van der Waals surface area contributed by atoms with Crippen LogP contribution >= 0.6 is 0 Å². The SMILES string of the molecule is CCC1CCC(C2CCC(c3cc(F)c(OCCCF)c(F)c3)CC2)CC1. The molecule has 0 heterocycles. The third-order valence-electron chi connectivity index (χ3n) is 6.92. The van der Waals surface area contributed by atoms with Gasteiger partial charge in [-0.15, -0.1) is 0 Å². The van der Waals surface area contributed by atoms with Gasteiger partial charge in [-0.1, -0.05) is 26.2 Å². The summed E-state index contributed by atoms with van der Waals surface area (Å²) in [6.07, 6.45) is 11.3. The molecule has 2 aliphatic carbocycles. The zero-order chi connectivity index (χ0) is 19.2. The van der Waals surface area contributed by atoms with Crippen molar-refractivity contribution in [3.63, 3.8) is 0 Å². The summed E-state index contributed by atoms with van der Waals surface area (Å²) in [5.74, 6) is 1.11. The number of alkyl halides is 1. The summed E-state index contributed by atoms with van der Waals surface area (Å²) in [5.41, 5.74) is 0.746. The van der Waals surface area contributed by atoms with E-state index in [4.69, 9.17) is 4.74 Å². The van der Waals surface area contributed by atoms with Crippen molar-refractivity contribution >= 4 is 0 Å². The van der Waals surface area contributed by atoms with Gasteiger partial charge in [0.05, 0.1) is 13.3 Å². The van der Waals surface area contributed by atoms with Gasteiger partial charge in [0, 0.05) is 6.42 Å². The monoisotopic (exact) mass is 382 g/mol. The van der Waals surface area contributed by atoms with Crippen LogP contribution in [0.2, 0.25) is 0 Å². The lowest BCUT2D eigenvalue weighted by Crippen LogP contribution is -2.25. The Morgan fingerprint density at radius 3 is 1.96 bits per heavy atom. The van der Waals surface area contributed by atoms with E-state index in [9.17, 15) is 13.2 Å². The first-order valence-electron chi connectivity index (χ1n) is 10.8. The molecule has 4 heteroatoms. The van der Waals surface area contributed by atoms with E-state index in [0.29, 0.717) is 0 Å². The molecule has 0 amide bonds. The smallest absolute Gasteiger partial charge is 0.190 e. The van der Waals surface area contributed by atoms with Gasteiger partial charge in [0.1, 0.15) is 0 Å². The fourth-order valence-corrected chi connectivity index (χ4v) is 5.17. The minimum Gasteiger partial charge on any atom is -0.488 e. The zero-order valence-corrected chi connectivity index (χ0v) is 16.5. The summed E-state index contributed by atoms with van der Waals surface area (Å²) in [4.78, 5) is 0. The second kappa shape index (κ2) is 9.84. The van der Waals surface area contributed by atoms with E-state index in [-0.39, 0.29) is 24.7 Å². The molecule has 0 unspecified atom stereocenters. The fourth-order valence-electron chi connectivity index (χ4n) is 5.17. The second-order valence-electron chi connectivity index (χ2n) is 8.51. The van der Waals surface area contributed by atoms with Gasteiger partial charge in [-0.05, 0) is 79.9 Å². The molecule has 1 aromatic carbocycles. The molecule has 0 aromatic heterocycles. The molecule has 27 heavy (non-hydrogen) atoms. The average molecular weight is 383 g/mol. The molecule has 0 N–H and O–H groups in total. The van der Waals surface area contributed by atoms with Crippen molar-refractivity contribution in [2.45, 2.75) is 77.0 Å². The largest absolute Gasteiger partial charge is 0.488 e. The van der Waals surface area contributed by atoms with Crippen LogP contribution in [0, 0.1) is 29.4 Å². The minimum absolute atomic E-state index is 0.00489. The maximum absolute atomic E-state index is 14.3. The van der Waals surface area contributed by atoms with E-state index in [1.807, 2.05) is 0 Å². The standard InChI is InChI=1S/C23H33F3O/c1-2-16-4-6-17(7-5-16)18-8-10-19(11-9-18)20-14-21(25)23(22(26)15-20)27-13-3-12-24/h14-19H,2-13H2,1H3. The molecular weight excluding hydrogens is 349 g/mol. The van der Waals surface area contributed by atoms with E-state index in [2.05, 4.69) is 6.92 Å². The van der Waals surface area contributed by atoms with E-state index in [1.54, 1.807) is 0 Å². The van der Waals surface area contributed by atoms with E-state index in [1.165, 1.54) is 57.1 Å². The zero-order valence-electron chi connectivity index (χ0n) is 16.5. The Balaban J connectivity index is 1.55. The molecule has 1 nitrogen and oxygen atoms in total. The quantitative estimate of drug-likeness (QED) is 0.453. The molecule has 1 aromatic rings. The summed E-state index contributed by atoms with van der Waals surface area (Å²) in [7, 11) is 0. The van der Waals surface area contributed by atoms with Crippen LogP contribution in [-0.2, 0) is 0 Å². The first-order valence-corrected chi connectivity index (χ1v) is 10.8. The third kappa shape index (κ3) is 5.20. The third-order valence-corrected chi connectivity index (χ3v) is 6.92. The molecule has 0 radical (unpaired) electrons. The Bertz CT molecular complexity index is 564. The van der Waals surface area contributed by atoms with Crippen molar-refractivity contribution in [1.29, 1.82) is 0 Å². The van der Waals surface area contributed by atoms with Crippen molar-refractivity contribution in [3.05, 3.63) is 29.3 Å². The fraction of sp³-hybridized carbons (Fsp3) is 0.739. The Kier molecular flexibility index (Phi) is 7.49. The van der Waals surface area contributed by atoms with Crippen molar-refractivity contribution in [2.75, 3.05) is 13.3 Å². The maximum Gasteiger partial charge on any atom is 0.190 e. The van der Waals surface area contributed by atoms with Crippen LogP contribution < -0.4 is 4.74 Å². The molecule has 2 fully saturated rings. The van der Waals surface area contributed by atoms with Gasteiger partial charge in [-0.3, -0.25) is 4.39 Å². The van der Waals surface area contributed by atoms with E-state index in [0.717, 1.165) is 36.2 Å². The predicted molar refractivity (Wildman–Crippen MR) is 103 cm³/mol. The van der Waals surface area contributed by atoms with Gasteiger partial charge in [-0.25, -0.2) is 8.78 Å². The number of ether oxygens (including phenoxy) is 1. The number of benzene rings is 1. The molecule has 152 valence electrons. The van der Waals surface area contributed by atoms with Crippen molar-refractivity contribution in [1.82, 2.24) is 0 Å². The molecule has 0 aliphatic heterocycles. The van der Waals surface area contributed by atoms with Crippen LogP contribution in [0.25, 0.3) is 0 Å². The Morgan fingerprint density at radius 1 is 0.889 bits per heavy atom. The highest BCUT2D eigenvalue weighted by Gasteiger charge is 2.31. The summed E-state index contributed by atoms with van der Waals surface area (Å²) >= 11 is 0. The van der Waals surface area contributed by atoms with Gasteiger partial charge in [0.2, 0.25) is 0 Å². The van der Waals surface area contributed by atoms with Crippen LogP contribution in [0.15, 0.2) is 12.1 Å². The van der Waals surface area contributed by atoms with Crippen LogP contribution in [0.3, 0.4) is 0 Å². The molecule has 0 bridgehead atoms. The Morgan fingerprint density at radius 2 is 1.44 bits per heavy atom. The number of hydrogen-bond donors (Lipinski definition) is 0. The summed E-state index contributed by atoms with van der Waals surface area (Å²) < 4.78 is 45.8. The van der Waals surface area contributed by atoms with Gasteiger partial charge in [0.15, 0.2) is 17.4 Å². The average Bonchev–Trinajstić information content (AvgIpc) is 2.70. The highest BCUT2D eigenvalue weighted by Crippen LogP contribution is 2.44. The number of hydrogen-bond acceptors (Lipinski definition) is 1. The van der Waals surface area contributed by atoms with Crippen molar-refractivity contribution in [3.8, 4) is 5.75 Å². The topological polar surface area (TPSA) is 9.23 Å². The highest BCUT2D eigenvalue weighted by atomic mass is 19.1. The van der Waals surface area contributed by atoms with Crippen LogP contribution in [-0.4, -0.2) is 13.3 Å². The summed E-state index contributed by atoms with van der Waals surface area (Å²) in [6.45, 7) is 1.74. The Hall–Kier alpha value is -1.19.